The Hall–Kier alpha value is -2.26. The zero-order valence-corrected chi connectivity index (χ0v) is 12.2. The van der Waals surface area contributed by atoms with Crippen LogP contribution in [0.25, 0.3) is 11.0 Å². The molecule has 0 atom stereocenters. The van der Waals surface area contributed by atoms with Crippen molar-refractivity contribution in [1.29, 1.82) is 0 Å². The molecule has 3 nitrogen and oxygen atoms in total. The van der Waals surface area contributed by atoms with E-state index in [0.29, 0.717) is 0 Å². The maximum Gasteiger partial charge on any atom is 0.0890 e. The maximum absolute atomic E-state index is 4.34. The van der Waals surface area contributed by atoms with Crippen LogP contribution in [0.2, 0.25) is 0 Å². The van der Waals surface area contributed by atoms with Gasteiger partial charge in [-0.3, -0.25) is 9.97 Å². The van der Waals surface area contributed by atoms with Gasteiger partial charge < -0.3 is 5.32 Å². The van der Waals surface area contributed by atoms with Crippen molar-refractivity contribution in [3.63, 3.8) is 0 Å². The molecule has 3 rings (SSSR count). The molecule has 1 aromatic heterocycles. The highest BCUT2D eigenvalue weighted by Crippen LogP contribution is 2.11. The van der Waals surface area contributed by atoms with E-state index in [1.54, 1.807) is 12.4 Å². The van der Waals surface area contributed by atoms with Crippen molar-refractivity contribution < 1.29 is 0 Å². The van der Waals surface area contributed by atoms with E-state index in [1.165, 1.54) is 16.7 Å². The van der Waals surface area contributed by atoms with Gasteiger partial charge in [-0.15, -0.1) is 0 Å². The molecule has 1 heterocycles. The van der Waals surface area contributed by atoms with Crippen LogP contribution in [0.1, 0.15) is 23.6 Å². The third-order valence-electron chi connectivity index (χ3n) is 3.62. The van der Waals surface area contributed by atoms with E-state index in [1.807, 2.05) is 6.07 Å². The van der Waals surface area contributed by atoms with Gasteiger partial charge in [-0.25, -0.2) is 0 Å². The van der Waals surface area contributed by atoms with E-state index in [4.69, 9.17) is 0 Å². The van der Waals surface area contributed by atoms with Crippen molar-refractivity contribution in [1.82, 2.24) is 15.3 Å². The molecule has 0 radical (unpaired) electrons. The van der Waals surface area contributed by atoms with E-state index in [9.17, 15) is 0 Å². The third-order valence-corrected chi connectivity index (χ3v) is 3.62. The van der Waals surface area contributed by atoms with Gasteiger partial charge in [-0.05, 0) is 35.2 Å². The fraction of sp³-hybridized carbons (Fsp3) is 0.222. The largest absolute Gasteiger partial charge is 0.309 e. The van der Waals surface area contributed by atoms with Crippen molar-refractivity contribution in [2.75, 3.05) is 0 Å². The normalized spacial score (nSPS) is 10.9. The SMILES string of the molecule is CCc1ccc(CNCc2ccc3nccnc3c2)cc1. The summed E-state index contributed by atoms with van der Waals surface area (Å²) >= 11 is 0. The van der Waals surface area contributed by atoms with Crippen molar-refractivity contribution in [2.45, 2.75) is 26.4 Å². The molecule has 21 heavy (non-hydrogen) atoms. The van der Waals surface area contributed by atoms with Gasteiger partial charge in [-0.1, -0.05) is 37.3 Å². The van der Waals surface area contributed by atoms with Crippen LogP contribution < -0.4 is 5.32 Å². The minimum absolute atomic E-state index is 0.835. The van der Waals surface area contributed by atoms with Crippen LogP contribution in [-0.4, -0.2) is 9.97 Å². The number of aryl methyl sites for hydroxylation is 1. The monoisotopic (exact) mass is 277 g/mol. The summed E-state index contributed by atoms with van der Waals surface area (Å²) in [7, 11) is 0. The van der Waals surface area contributed by atoms with Crippen LogP contribution in [-0.2, 0) is 19.5 Å². The molecule has 0 bridgehead atoms. The summed E-state index contributed by atoms with van der Waals surface area (Å²) in [6.07, 6.45) is 4.54. The van der Waals surface area contributed by atoms with E-state index < -0.39 is 0 Å². The minimum Gasteiger partial charge on any atom is -0.309 e. The van der Waals surface area contributed by atoms with E-state index in [0.717, 1.165) is 30.5 Å². The van der Waals surface area contributed by atoms with E-state index >= 15 is 0 Å². The number of hydrogen-bond acceptors (Lipinski definition) is 3. The second-order valence-electron chi connectivity index (χ2n) is 5.15. The fourth-order valence-electron chi connectivity index (χ4n) is 2.36. The lowest BCUT2D eigenvalue weighted by Crippen LogP contribution is -2.12. The summed E-state index contributed by atoms with van der Waals surface area (Å²) in [6, 6.07) is 15.0. The zero-order valence-electron chi connectivity index (χ0n) is 12.2. The van der Waals surface area contributed by atoms with E-state index in [2.05, 4.69) is 58.6 Å². The lowest BCUT2D eigenvalue weighted by molar-refractivity contribution is 0.693. The topological polar surface area (TPSA) is 37.8 Å². The maximum atomic E-state index is 4.34. The standard InChI is InChI=1S/C18H19N3/c1-2-14-3-5-15(6-4-14)12-19-13-16-7-8-17-18(11-16)21-10-9-20-17/h3-11,19H,2,12-13H2,1H3. The summed E-state index contributed by atoms with van der Waals surface area (Å²) < 4.78 is 0. The van der Waals surface area contributed by atoms with Gasteiger partial charge in [0.1, 0.15) is 0 Å². The Morgan fingerprint density at radius 1 is 0.762 bits per heavy atom. The summed E-state index contributed by atoms with van der Waals surface area (Å²) in [5.74, 6) is 0. The Labute approximate surface area is 125 Å². The van der Waals surface area contributed by atoms with Crippen molar-refractivity contribution in [3.05, 3.63) is 71.5 Å². The summed E-state index contributed by atoms with van der Waals surface area (Å²) in [4.78, 5) is 8.62. The summed E-state index contributed by atoms with van der Waals surface area (Å²) in [5.41, 5.74) is 5.81. The number of rotatable bonds is 5. The van der Waals surface area contributed by atoms with Crippen molar-refractivity contribution >= 4 is 11.0 Å². The molecule has 0 aliphatic carbocycles. The van der Waals surface area contributed by atoms with E-state index in [-0.39, 0.29) is 0 Å². The van der Waals surface area contributed by atoms with Gasteiger partial charge in [-0.2, -0.15) is 0 Å². The molecule has 0 spiro atoms. The predicted molar refractivity (Wildman–Crippen MR) is 85.9 cm³/mol. The van der Waals surface area contributed by atoms with Crippen LogP contribution in [0.15, 0.2) is 54.9 Å². The van der Waals surface area contributed by atoms with Crippen LogP contribution in [0.4, 0.5) is 0 Å². The van der Waals surface area contributed by atoms with Crippen molar-refractivity contribution in [3.8, 4) is 0 Å². The highest BCUT2D eigenvalue weighted by molar-refractivity contribution is 5.74. The molecule has 0 saturated carbocycles. The molecule has 3 heteroatoms. The molecule has 0 amide bonds. The summed E-state index contributed by atoms with van der Waals surface area (Å²) in [6.45, 7) is 3.89. The van der Waals surface area contributed by atoms with Crippen LogP contribution >= 0.6 is 0 Å². The molecular formula is C18H19N3. The Morgan fingerprint density at radius 3 is 2.14 bits per heavy atom. The molecule has 0 saturated heterocycles. The molecule has 0 aliphatic heterocycles. The Morgan fingerprint density at radius 2 is 1.38 bits per heavy atom. The first-order valence-electron chi connectivity index (χ1n) is 7.33. The average molecular weight is 277 g/mol. The molecule has 3 aromatic rings. The Balaban J connectivity index is 1.60. The first kappa shape index (κ1) is 13.7. The fourth-order valence-corrected chi connectivity index (χ4v) is 2.36. The quantitative estimate of drug-likeness (QED) is 0.776. The first-order chi connectivity index (χ1) is 10.3. The highest BCUT2D eigenvalue weighted by atomic mass is 14.8. The summed E-state index contributed by atoms with van der Waals surface area (Å²) in [5, 5.41) is 3.47. The molecule has 0 unspecified atom stereocenters. The van der Waals surface area contributed by atoms with Gasteiger partial charge in [0.15, 0.2) is 0 Å². The van der Waals surface area contributed by atoms with Gasteiger partial charge in [0.25, 0.3) is 0 Å². The Bertz CT molecular complexity index is 720. The number of fused-ring (bicyclic) bond motifs is 1. The van der Waals surface area contributed by atoms with Gasteiger partial charge in [0.2, 0.25) is 0 Å². The molecule has 0 aliphatic rings. The predicted octanol–water partition coefficient (Wildman–Crippen LogP) is 3.48. The number of aromatic nitrogens is 2. The number of nitrogens with one attached hydrogen (secondary N) is 1. The molecule has 106 valence electrons. The van der Waals surface area contributed by atoms with Crippen LogP contribution in [0, 0.1) is 0 Å². The molecular weight excluding hydrogens is 258 g/mol. The molecule has 1 N–H and O–H groups in total. The second kappa shape index (κ2) is 6.46. The van der Waals surface area contributed by atoms with Crippen LogP contribution in [0.5, 0.6) is 0 Å². The van der Waals surface area contributed by atoms with Crippen LogP contribution in [0.3, 0.4) is 0 Å². The smallest absolute Gasteiger partial charge is 0.0890 e. The number of benzene rings is 2. The minimum atomic E-state index is 0.835. The highest BCUT2D eigenvalue weighted by Gasteiger charge is 1.99. The lowest BCUT2D eigenvalue weighted by atomic mass is 10.1. The Kier molecular flexibility index (Phi) is 4.22. The first-order valence-corrected chi connectivity index (χ1v) is 7.33. The second-order valence-corrected chi connectivity index (χ2v) is 5.15. The lowest BCUT2D eigenvalue weighted by Gasteiger charge is -2.07. The third kappa shape index (κ3) is 3.44. The van der Waals surface area contributed by atoms with Gasteiger partial charge in [0, 0.05) is 25.5 Å². The van der Waals surface area contributed by atoms with Gasteiger partial charge >= 0.3 is 0 Å². The average Bonchev–Trinajstić information content (AvgIpc) is 2.55. The molecule has 0 fully saturated rings. The molecule has 2 aromatic carbocycles. The van der Waals surface area contributed by atoms with Crippen molar-refractivity contribution in [2.24, 2.45) is 0 Å². The number of hydrogen-bond donors (Lipinski definition) is 1. The van der Waals surface area contributed by atoms with Gasteiger partial charge in [0.05, 0.1) is 11.0 Å². The zero-order chi connectivity index (χ0) is 14.5. The number of nitrogens with zero attached hydrogens (tertiary/aromatic N) is 2.